The van der Waals surface area contributed by atoms with Gasteiger partial charge in [-0.05, 0) is 59.7 Å². The van der Waals surface area contributed by atoms with E-state index in [-0.39, 0.29) is 30.8 Å². The van der Waals surface area contributed by atoms with E-state index < -0.39 is 6.04 Å². The molecule has 2 aromatic carbocycles. The van der Waals surface area contributed by atoms with Crippen molar-refractivity contribution in [1.82, 2.24) is 10.2 Å². The molecule has 1 N–H and O–H groups in total. The minimum atomic E-state index is -0.764. The number of hydrogen-bond donors (Lipinski definition) is 1. The zero-order chi connectivity index (χ0) is 24.6. The van der Waals surface area contributed by atoms with Gasteiger partial charge >= 0.3 is 0 Å². The minimum absolute atomic E-state index is 0.0994. The number of nitrogens with zero attached hydrogens (tertiary/aromatic N) is 1. The van der Waals surface area contributed by atoms with Crippen molar-refractivity contribution >= 4 is 23.2 Å². The van der Waals surface area contributed by atoms with Crippen molar-refractivity contribution in [1.29, 1.82) is 0 Å². The number of amides is 2. The lowest BCUT2D eigenvalue weighted by Crippen LogP contribution is -2.46. The molecule has 35 heavy (non-hydrogen) atoms. The Bertz CT molecular complexity index is 1110. The molecule has 0 radical (unpaired) electrons. The van der Waals surface area contributed by atoms with Crippen LogP contribution in [0.4, 0.5) is 0 Å². The summed E-state index contributed by atoms with van der Waals surface area (Å²) in [4.78, 5) is 30.2. The van der Waals surface area contributed by atoms with E-state index in [1.165, 1.54) is 0 Å². The summed E-state index contributed by atoms with van der Waals surface area (Å²) in [6, 6.07) is 18.3. The Morgan fingerprint density at radius 3 is 2.40 bits per heavy atom. The molecule has 1 saturated carbocycles. The van der Waals surface area contributed by atoms with Crippen LogP contribution >= 0.6 is 11.3 Å². The van der Waals surface area contributed by atoms with E-state index in [9.17, 15) is 9.59 Å². The van der Waals surface area contributed by atoms with Gasteiger partial charge in [-0.1, -0.05) is 43.2 Å². The second kappa shape index (κ2) is 11.9. The second-order valence-electron chi connectivity index (χ2n) is 8.79. The Morgan fingerprint density at radius 1 is 1.00 bits per heavy atom. The summed E-state index contributed by atoms with van der Waals surface area (Å²) in [5, 5.41) is 5.18. The van der Waals surface area contributed by atoms with Gasteiger partial charge in [-0.25, -0.2) is 0 Å². The largest absolute Gasteiger partial charge is 0.497 e. The normalized spacial score (nSPS) is 14.3. The summed E-state index contributed by atoms with van der Waals surface area (Å²) in [5.41, 5.74) is 1.65. The maximum absolute atomic E-state index is 13.8. The molecule has 1 heterocycles. The monoisotopic (exact) mass is 492 g/mol. The molecule has 1 aromatic heterocycles. The highest BCUT2D eigenvalue weighted by Crippen LogP contribution is 2.29. The van der Waals surface area contributed by atoms with Crippen molar-refractivity contribution in [2.75, 3.05) is 14.2 Å². The Balaban J connectivity index is 1.71. The van der Waals surface area contributed by atoms with Crippen LogP contribution in [0, 0.1) is 0 Å². The Labute approximate surface area is 210 Å². The fraction of sp³-hybridized carbons (Fsp3) is 0.357. The fourth-order valence-corrected chi connectivity index (χ4v) is 5.26. The van der Waals surface area contributed by atoms with Crippen LogP contribution < -0.4 is 14.8 Å². The number of rotatable bonds is 10. The summed E-state index contributed by atoms with van der Waals surface area (Å²) >= 11 is 1.54. The van der Waals surface area contributed by atoms with Gasteiger partial charge in [-0.15, -0.1) is 11.3 Å². The van der Waals surface area contributed by atoms with Crippen LogP contribution in [0.5, 0.6) is 11.5 Å². The fourth-order valence-electron chi connectivity index (χ4n) is 4.56. The van der Waals surface area contributed by atoms with Gasteiger partial charge in [0, 0.05) is 17.5 Å². The van der Waals surface area contributed by atoms with Crippen LogP contribution in [-0.4, -0.2) is 37.0 Å². The van der Waals surface area contributed by atoms with Crippen molar-refractivity contribution in [3.05, 3.63) is 82.0 Å². The van der Waals surface area contributed by atoms with Gasteiger partial charge < -0.3 is 19.7 Å². The predicted molar refractivity (Wildman–Crippen MR) is 138 cm³/mol. The van der Waals surface area contributed by atoms with Gasteiger partial charge in [-0.2, -0.15) is 0 Å². The molecule has 0 saturated heterocycles. The third-order valence-electron chi connectivity index (χ3n) is 6.41. The lowest BCUT2D eigenvalue weighted by molar-refractivity contribution is -0.141. The molecule has 0 bridgehead atoms. The number of carbonyl (C=O) groups is 2. The standard InChI is InChI=1S/C28H32N2O4S/c1-33-23-14-12-21(13-15-23)27(28(32)29-22-8-3-4-9-22)30(26(31)18-25-11-6-16-35-25)19-20-7-5-10-24(17-20)34-2/h5-7,10-17,22,27H,3-4,8-9,18-19H2,1-2H3,(H,29,32)/t27-/m1/s1. The molecular formula is C28H32N2O4S. The van der Waals surface area contributed by atoms with Crippen molar-refractivity contribution in [3.63, 3.8) is 0 Å². The van der Waals surface area contributed by atoms with E-state index in [4.69, 9.17) is 9.47 Å². The molecule has 7 heteroatoms. The number of thiophene rings is 1. The van der Waals surface area contributed by atoms with Gasteiger partial charge in [0.05, 0.1) is 20.6 Å². The predicted octanol–water partition coefficient (Wildman–Crippen LogP) is 5.14. The van der Waals surface area contributed by atoms with E-state index in [0.29, 0.717) is 11.5 Å². The maximum Gasteiger partial charge on any atom is 0.247 e. The first kappa shape index (κ1) is 24.8. The highest BCUT2D eigenvalue weighted by molar-refractivity contribution is 7.10. The molecule has 1 fully saturated rings. The molecule has 4 rings (SSSR count). The average Bonchev–Trinajstić information content (AvgIpc) is 3.58. The van der Waals surface area contributed by atoms with Crippen molar-refractivity contribution in [3.8, 4) is 11.5 Å². The number of benzene rings is 2. The molecule has 0 unspecified atom stereocenters. The SMILES string of the molecule is COc1ccc([C@H](C(=O)NC2CCCC2)N(Cc2cccc(OC)c2)C(=O)Cc2cccs2)cc1. The molecule has 1 atom stereocenters. The zero-order valence-corrected chi connectivity index (χ0v) is 21.1. The molecule has 1 aliphatic rings. The van der Waals surface area contributed by atoms with Crippen LogP contribution in [0.1, 0.15) is 47.7 Å². The number of methoxy groups -OCH3 is 2. The number of ether oxygens (including phenoxy) is 2. The first-order valence-corrected chi connectivity index (χ1v) is 12.8. The summed E-state index contributed by atoms with van der Waals surface area (Å²) in [6.07, 6.45) is 4.41. The Morgan fingerprint density at radius 2 is 1.74 bits per heavy atom. The average molecular weight is 493 g/mol. The van der Waals surface area contributed by atoms with Gasteiger partial charge in [0.1, 0.15) is 17.5 Å². The van der Waals surface area contributed by atoms with E-state index in [1.54, 1.807) is 30.5 Å². The second-order valence-corrected chi connectivity index (χ2v) is 9.83. The Hall–Kier alpha value is -3.32. The van der Waals surface area contributed by atoms with Crippen molar-refractivity contribution in [2.45, 2.75) is 50.7 Å². The molecule has 0 aliphatic heterocycles. The smallest absolute Gasteiger partial charge is 0.247 e. The summed E-state index contributed by atoms with van der Waals surface area (Å²) < 4.78 is 10.7. The third kappa shape index (κ3) is 6.42. The minimum Gasteiger partial charge on any atom is -0.497 e. The zero-order valence-electron chi connectivity index (χ0n) is 20.2. The van der Waals surface area contributed by atoms with E-state index in [0.717, 1.165) is 41.7 Å². The van der Waals surface area contributed by atoms with Crippen LogP contribution in [0.25, 0.3) is 0 Å². The van der Waals surface area contributed by atoms with E-state index in [1.807, 2.05) is 66.0 Å². The third-order valence-corrected chi connectivity index (χ3v) is 7.28. The quantitative estimate of drug-likeness (QED) is 0.426. The van der Waals surface area contributed by atoms with Crippen molar-refractivity contribution < 1.29 is 19.1 Å². The van der Waals surface area contributed by atoms with Crippen LogP contribution in [-0.2, 0) is 22.6 Å². The number of hydrogen-bond acceptors (Lipinski definition) is 5. The topological polar surface area (TPSA) is 67.9 Å². The highest BCUT2D eigenvalue weighted by Gasteiger charge is 2.33. The molecule has 1 aliphatic carbocycles. The van der Waals surface area contributed by atoms with Gasteiger partial charge in [0.2, 0.25) is 11.8 Å². The summed E-state index contributed by atoms with van der Waals surface area (Å²) in [7, 11) is 3.23. The van der Waals surface area contributed by atoms with Gasteiger partial charge in [0.15, 0.2) is 0 Å². The number of carbonyl (C=O) groups excluding carboxylic acids is 2. The molecule has 0 spiro atoms. The molecule has 184 valence electrons. The molecule has 3 aromatic rings. The lowest BCUT2D eigenvalue weighted by atomic mass is 10.0. The van der Waals surface area contributed by atoms with E-state index in [2.05, 4.69) is 5.32 Å². The summed E-state index contributed by atoms with van der Waals surface area (Å²) in [6.45, 7) is 0.288. The molecule has 2 amide bonds. The van der Waals surface area contributed by atoms with Crippen molar-refractivity contribution in [2.24, 2.45) is 0 Å². The highest BCUT2D eigenvalue weighted by atomic mass is 32.1. The first-order chi connectivity index (χ1) is 17.1. The lowest BCUT2D eigenvalue weighted by Gasteiger charge is -2.32. The maximum atomic E-state index is 13.8. The number of nitrogens with one attached hydrogen (secondary N) is 1. The van der Waals surface area contributed by atoms with Gasteiger partial charge in [-0.3, -0.25) is 9.59 Å². The first-order valence-electron chi connectivity index (χ1n) is 12.0. The van der Waals surface area contributed by atoms with Crippen LogP contribution in [0.2, 0.25) is 0 Å². The molecular weight excluding hydrogens is 460 g/mol. The van der Waals surface area contributed by atoms with E-state index >= 15 is 0 Å². The van der Waals surface area contributed by atoms with Crippen LogP contribution in [0.15, 0.2) is 66.0 Å². The molecule has 6 nitrogen and oxygen atoms in total. The Kier molecular flexibility index (Phi) is 8.42. The summed E-state index contributed by atoms with van der Waals surface area (Å²) in [5.74, 6) is 1.17. The van der Waals surface area contributed by atoms with Crippen LogP contribution in [0.3, 0.4) is 0 Å². The van der Waals surface area contributed by atoms with Gasteiger partial charge in [0.25, 0.3) is 0 Å².